The number of rotatable bonds is 7. The molecule has 0 radical (unpaired) electrons. The highest BCUT2D eigenvalue weighted by Crippen LogP contribution is 2.20. The zero-order chi connectivity index (χ0) is 17.9. The lowest BCUT2D eigenvalue weighted by Gasteiger charge is -2.31. The molecule has 3 rings (SSSR count). The molecule has 0 aliphatic carbocycles. The molecule has 1 unspecified atom stereocenters. The summed E-state index contributed by atoms with van der Waals surface area (Å²) in [6.45, 7) is 1.72. The Labute approximate surface area is 147 Å². The molecule has 1 saturated heterocycles. The molecule has 1 aliphatic rings. The molecule has 138 valence electrons. The first-order valence-corrected chi connectivity index (χ1v) is 9.72. The smallest absolute Gasteiger partial charge is 0.279 e. The van der Waals surface area contributed by atoms with Crippen LogP contribution in [0.15, 0.2) is 18.2 Å². The molecule has 25 heavy (non-hydrogen) atoms. The average molecular weight is 368 g/mol. The van der Waals surface area contributed by atoms with E-state index in [0.29, 0.717) is 25.5 Å². The van der Waals surface area contributed by atoms with Crippen molar-refractivity contribution in [1.29, 1.82) is 0 Å². The summed E-state index contributed by atoms with van der Waals surface area (Å²) in [5, 5.41) is 0. The van der Waals surface area contributed by atoms with Gasteiger partial charge in [0.05, 0.1) is 31.3 Å². The third kappa shape index (κ3) is 4.30. The lowest BCUT2D eigenvalue weighted by Crippen LogP contribution is -2.46. The van der Waals surface area contributed by atoms with Crippen LogP contribution in [0.25, 0.3) is 11.0 Å². The van der Waals surface area contributed by atoms with Gasteiger partial charge >= 0.3 is 0 Å². The van der Waals surface area contributed by atoms with Crippen LogP contribution in [-0.2, 0) is 21.5 Å². The van der Waals surface area contributed by atoms with Gasteiger partial charge in [-0.05, 0) is 30.9 Å². The van der Waals surface area contributed by atoms with E-state index < -0.39 is 10.2 Å². The van der Waals surface area contributed by atoms with Crippen LogP contribution in [0.4, 0.5) is 0 Å². The summed E-state index contributed by atoms with van der Waals surface area (Å²) in [5.41, 5.74) is 1.58. The van der Waals surface area contributed by atoms with Gasteiger partial charge in [-0.15, -0.1) is 0 Å². The van der Waals surface area contributed by atoms with Crippen molar-refractivity contribution >= 4 is 21.2 Å². The molecule has 0 saturated carbocycles. The highest BCUT2D eigenvalue weighted by molar-refractivity contribution is 7.87. The fourth-order valence-corrected chi connectivity index (χ4v) is 4.40. The van der Waals surface area contributed by atoms with Crippen molar-refractivity contribution in [3.8, 4) is 5.75 Å². The van der Waals surface area contributed by atoms with Gasteiger partial charge in [0.2, 0.25) is 0 Å². The van der Waals surface area contributed by atoms with E-state index in [2.05, 4.69) is 14.7 Å². The minimum atomic E-state index is -3.54. The van der Waals surface area contributed by atoms with Crippen molar-refractivity contribution in [3.05, 3.63) is 24.0 Å². The normalized spacial score (nSPS) is 19.4. The second kappa shape index (κ2) is 7.69. The molecule has 1 atom stereocenters. The molecule has 1 aromatic heterocycles. The molecule has 1 aromatic carbocycles. The van der Waals surface area contributed by atoms with E-state index in [9.17, 15) is 8.42 Å². The first-order chi connectivity index (χ1) is 12.0. The SMILES string of the molecule is COCC1CCCN(S(=O)(=O)NCc2nc3ccc(OC)cc3[nH]2)C1. The van der Waals surface area contributed by atoms with E-state index in [0.717, 1.165) is 29.6 Å². The summed E-state index contributed by atoms with van der Waals surface area (Å²) in [5.74, 6) is 1.53. The number of hydrogen-bond donors (Lipinski definition) is 2. The van der Waals surface area contributed by atoms with Crippen LogP contribution in [0, 0.1) is 5.92 Å². The Hall–Kier alpha value is -1.68. The molecule has 0 amide bonds. The van der Waals surface area contributed by atoms with Gasteiger partial charge in [-0.25, -0.2) is 4.98 Å². The quantitative estimate of drug-likeness (QED) is 0.767. The summed E-state index contributed by atoms with van der Waals surface area (Å²) in [6.07, 6.45) is 1.84. The summed E-state index contributed by atoms with van der Waals surface area (Å²) >= 11 is 0. The van der Waals surface area contributed by atoms with E-state index in [-0.39, 0.29) is 12.5 Å². The number of ether oxygens (including phenoxy) is 2. The first-order valence-electron chi connectivity index (χ1n) is 8.28. The molecule has 1 aliphatic heterocycles. The number of H-pyrrole nitrogens is 1. The van der Waals surface area contributed by atoms with Gasteiger partial charge in [-0.3, -0.25) is 0 Å². The van der Waals surface area contributed by atoms with Crippen molar-refractivity contribution < 1.29 is 17.9 Å². The van der Waals surface area contributed by atoms with Gasteiger partial charge in [0, 0.05) is 26.3 Å². The van der Waals surface area contributed by atoms with Gasteiger partial charge in [0.25, 0.3) is 10.2 Å². The first kappa shape index (κ1) is 18.1. The number of nitrogens with zero attached hydrogens (tertiary/aromatic N) is 2. The third-order valence-electron chi connectivity index (χ3n) is 4.38. The lowest BCUT2D eigenvalue weighted by atomic mass is 10.0. The minimum absolute atomic E-state index is 0.116. The second-order valence-corrected chi connectivity index (χ2v) is 7.97. The Morgan fingerprint density at radius 1 is 1.40 bits per heavy atom. The van der Waals surface area contributed by atoms with Gasteiger partial charge in [0.15, 0.2) is 0 Å². The molecule has 2 heterocycles. The topological polar surface area (TPSA) is 96.6 Å². The van der Waals surface area contributed by atoms with E-state index in [1.807, 2.05) is 18.2 Å². The maximum absolute atomic E-state index is 12.5. The molecular formula is C16H24N4O4S. The van der Waals surface area contributed by atoms with E-state index in [1.165, 1.54) is 4.31 Å². The zero-order valence-electron chi connectivity index (χ0n) is 14.5. The molecule has 0 bridgehead atoms. The Morgan fingerprint density at radius 2 is 2.24 bits per heavy atom. The molecular weight excluding hydrogens is 344 g/mol. The molecule has 0 spiro atoms. The Bertz CT molecular complexity index is 819. The third-order valence-corrected chi connectivity index (χ3v) is 5.90. The summed E-state index contributed by atoms with van der Waals surface area (Å²) in [7, 11) is -0.300. The van der Waals surface area contributed by atoms with Crippen LogP contribution in [0.2, 0.25) is 0 Å². The molecule has 2 aromatic rings. The molecule has 1 fully saturated rings. The fourth-order valence-electron chi connectivity index (χ4n) is 3.12. The van der Waals surface area contributed by atoms with Gasteiger partial charge in [0.1, 0.15) is 11.6 Å². The van der Waals surface area contributed by atoms with Gasteiger partial charge in [-0.1, -0.05) is 0 Å². The molecule has 9 heteroatoms. The standard InChI is InChI=1S/C16H24N4O4S/c1-23-11-12-4-3-7-20(10-12)25(21,22)17-9-16-18-14-6-5-13(24-2)8-15(14)19-16/h5-6,8,12,17H,3-4,7,9-11H2,1-2H3,(H,18,19). The summed E-state index contributed by atoms with van der Waals surface area (Å²) in [4.78, 5) is 7.52. The molecule has 8 nitrogen and oxygen atoms in total. The van der Waals surface area contributed by atoms with Crippen molar-refractivity contribution in [2.45, 2.75) is 19.4 Å². The number of hydrogen-bond acceptors (Lipinski definition) is 5. The molecule has 2 N–H and O–H groups in total. The fraction of sp³-hybridized carbons (Fsp3) is 0.562. The highest BCUT2D eigenvalue weighted by Gasteiger charge is 2.28. The predicted molar refractivity (Wildman–Crippen MR) is 94.6 cm³/mol. The van der Waals surface area contributed by atoms with Crippen molar-refractivity contribution in [2.24, 2.45) is 5.92 Å². The number of piperidine rings is 1. The zero-order valence-corrected chi connectivity index (χ0v) is 15.3. The number of aromatic amines is 1. The van der Waals surface area contributed by atoms with Gasteiger partial charge < -0.3 is 14.5 Å². The van der Waals surface area contributed by atoms with Gasteiger partial charge in [-0.2, -0.15) is 17.4 Å². The summed E-state index contributed by atoms with van der Waals surface area (Å²) in [6, 6.07) is 5.49. The average Bonchev–Trinajstić information content (AvgIpc) is 3.02. The van der Waals surface area contributed by atoms with Crippen LogP contribution in [0.1, 0.15) is 18.7 Å². The Balaban J connectivity index is 1.65. The summed E-state index contributed by atoms with van der Waals surface area (Å²) < 4.78 is 39.5. The maximum Gasteiger partial charge on any atom is 0.279 e. The number of benzene rings is 1. The van der Waals surface area contributed by atoms with Crippen molar-refractivity contribution in [3.63, 3.8) is 0 Å². The van der Waals surface area contributed by atoms with Crippen LogP contribution in [0.3, 0.4) is 0 Å². The second-order valence-electron chi connectivity index (χ2n) is 6.21. The van der Waals surface area contributed by atoms with Crippen LogP contribution in [-0.4, -0.2) is 56.6 Å². The van der Waals surface area contributed by atoms with Crippen molar-refractivity contribution in [1.82, 2.24) is 19.0 Å². The van der Waals surface area contributed by atoms with Crippen LogP contribution in [0.5, 0.6) is 5.75 Å². The number of nitrogens with one attached hydrogen (secondary N) is 2. The van der Waals surface area contributed by atoms with E-state index >= 15 is 0 Å². The highest BCUT2D eigenvalue weighted by atomic mass is 32.2. The minimum Gasteiger partial charge on any atom is -0.497 e. The Kier molecular flexibility index (Phi) is 5.57. The largest absolute Gasteiger partial charge is 0.497 e. The number of fused-ring (bicyclic) bond motifs is 1. The van der Waals surface area contributed by atoms with Crippen molar-refractivity contribution in [2.75, 3.05) is 33.9 Å². The van der Waals surface area contributed by atoms with E-state index in [1.54, 1.807) is 14.2 Å². The van der Waals surface area contributed by atoms with E-state index in [4.69, 9.17) is 9.47 Å². The maximum atomic E-state index is 12.5. The number of imidazole rings is 1. The monoisotopic (exact) mass is 368 g/mol. The van der Waals surface area contributed by atoms with Crippen LogP contribution >= 0.6 is 0 Å². The predicted octanol–water partition coefficient (Wildman–Crippen LogP) is 1.26. The number of aromatic nitrogens is 2. The lowest BCUT2D eigenvalue weighted by molar-refractivity contribution is 0.118. The van der Waals surface area contributed by atoms with Crippen LogP contribution < -0.4 is 9.46 Å². The Morgan fingerprint density at radius 3 is 3.00 bits per heavy atom. The number of methoxy groups -OCH3 is 2.